The molecule has 3 atom stereocenters. The van der Waals surface area contributed by atoms with Gasteiger partial charge in [-0.05, 0) is 60.6 Å². The summed E-state index contributed by atoms with van der Waals surface area (Å²) in [5.74, 6) is -3.36. The standard InChI is InChI=1S/C31H35ClF3NO3S/c1-5-6-22(13-19(2)17-39-18-21-7-10-25(38-4)11-8-21)20(3)40-29-14-23(9-12-26(29)32)31(37)36-24-15-27(33)30(35)28(34)16-24/h7-12,14-16,19-20,22H,5-6,13,17-18H2,1-4H3,(H,36,37). The fourth-order valence-electron chi connectivity index (χ4n) is 4.46. The van der Waals surface area contributed by atoms with E-state index >= 15 is 0 Å². The summed E-state index contributed by atoms with van der Waals surface area (Å²) in [7, 11) is 1.64. The molecule has 0 aliphatic heterocycles. The number of ether oxygens (including phenoxy) is 2. The Kier molecular flexibility index (Phi) is 12.2. The van der Waals surface area contributed by atoms with Gasteiger partial charge in [0.15, 0.2) is 17.5 Å². The Morgan fingerprint density at radius 2 is 1.70 bits per heavy atom. The summed E-state index contributed by atoms with van der Waals surface area (Å²) >= 11 is 8.07. The SMILES string of the molecule is CCCC(CC(C)COCc1ccc(OC)cc1)C(C)Sc1cc(C(=O)Nc2cc(F)c(F)c(F)c2)ccc1Cl. The van der Waals surface area contributed by atoms with Crippen LogP contribution in [0.3, 0.4) is 0 Å². The van der Waals surface area contributed by atoms with E-state index < -0.39 is 23.4 Å². The quantitative estimate of drug-likeness (QED) is 0.149. The topological polar surface area (TPSA) is 47.6 Å². The number of hydrogen-bond donors (Lipinski definition) is 1. The van der Waals surface area contributed by atoms with Crippen molar-refractivity contribution in [1.29, 1.82) is 0 Å². The van der Waals surface area contributed by atoms with E-state index in [9.17, 15) is 18.0 Å². The van der Waals surface area contributed by atoms with Crippen LogP contribution in [0.4, 0.5) is 18.9 Å². The van der Waals surface area contributed by atoms with Crippen molar-refractivity contribution in [3.8, 4) is 5.75 Å². The van der Waals surface area contributed by atoms with E-state index in [0.717, 1.165) is 47.6 Å². The molecule has 1 N–H and O–H groups in total. The fraction of sp³-hybridized carbons (Fsp3) is 0.387. The first-order valence-corrected chi connectivity index (χ1v) is 14.5. The van der Waals surface area contributed by atoms with Crippen molar-refractivity contribution < 1.29 is 27.4 Å². The van der Waals surface area contributed by atoms with Gasteiger partial charge in [0.1, 0.15) is 5.75 Å². The second-order valence-electron chi connectivity index (χ2n) is 9.93. The zero-order chi connectivity index (χ0) is 29.2. The number of carbonyl (C=O) groups excluding carboxylic acids is 1. The molecule has 0 heterocycles. The van der Waals surface area contributed by atoms with Crippen LogP contribution in [0.25, 0.3) is 0 Å². The highest BCUT2D eigenvalue weighted by molar-refractivity contribution is 8.00. The number of rotatable bonds is 14. The highest BCUT2D eigenvalue weighted by atomic mass is 35.5. The van der Waals surface area contributed by atoms with Crippen LogP contribution in [0.15, 0.2) is 59.5 Å². The molecule has 3 rings (SSSR count). The molecule has 0 radical (unpaired) electrons. The third-order valence-electron chi connectivity index (χ3n) is 6.61. The van der Waals surface area contributed by atoms with Crippen LogP contribution in [0.1, 0.15) is 56.0 Å². The Morgan fingerprint density at radius 1 is 1.02 bits per heavy atom. The smallest absolute Gasteiger partial charge is 0.255 e. The van der Waals surface area contributed by atoms with E-state index in [1.165, 1.54) is 6.07 Å². The molecule has 3 aromatic carbocycles. The third-order valence-corrected chi connectivity index (χ3v) is 8.40. The average Bonchev–Trinajstić information content (AvgIpc) is 2.93. The minimum Gasteiger partial charge on any atom is -0.497 e. The van der Waals surface area contributed by atoms with Gasteiger partial charge in [-0.25, -0.2) is 13.2 Å². The molecule has 4 nitrogen and oxygen atoms in total. The fourth-order valence-corrected chi connectivity index (χ4v) is 5.93. The van der Waals surface area contributed by atoms with Crippen LogP contribution in [0.5, 0.6) is 5.75 Å². The Hall–Kier alpha value is -2.68. The summed E-state index contributed by atoms with van der Waals surface area (Å²) in [5, 5.41) is 3.14. The molecule has 3 unspecified atom stereocenters. The van der Waals surface area contributed by atoms with E-state index in [1.807, 2.05) is 24.3 Å². The Labute approximate surface area is 243 Å². The maximum absolute atomic E-state index is 13.6. The van der Waals surface area contributed by atoms with Crippen molar-refractivity contribution in [2.45, 2.75) is 56.8 Å². The van der Waals surface area contributed by atoms with Crippen LogP contribution in [-0.4, -0.2) is 24.9 Å². The zero-order valence-corrected chi connectivity index (χ0v) is 24.7. The summed E-state index contributed by atoms with van der Waals surface area (Å²) in [5.41, 5.74) is 1.19. The Balaban J connectivity index is 1.59. The number of benzene rings is 3. The first kappa shape index (κ1) is 31.8. The number of anilines is 1. The zero-order valence-electron chi connectivity index (χ0n) is 23.1. The third kappa shape index (κ3) is 9.18. The number of thioether (sulfide) groups is 1. The highest BCUT2D eigenvalue weighted by Gasteiger charge is 2.22. The molecule has 0 saturated carbocycles. The van der Waals surface area contributed by atoms with Crippen LogP contribution >= 0.6 is 23.4 Å². The normalized spacial score (nSPS) is 13.5. The second kappa shape index (κ2) is 15.4. The summed E-state index contributed by atoms with van der Waals surface area (Å²) in [6.07, 6.45) is 3.05. The lowest BCUT2D eigenvalue weighted by Gasteiger charge is -2.26. The molecule has 0 saturated heterocycles. The lowest BCUT2D eigenvalue weighted by Crippen LogP contribution is -2.19. The first-order valence-electron chi connectivity index (χ1n) is 13.2. The second-order valence-corrected chi connectivity index (χ2v) is 11.8. The van der Waals surface area contributed by atoms with Crippen LogP contribution < -0.4 is 10.1 Å². The largest absolute Gasteiger partial charge is 0.497 e. The molecule has 9 heteroatoms. The number of nitrogens with one attached hydrogen (secondary N) is 1. The van der Waals surface area contributed by atoms with Gasteiger partial charge in [0.05, 0.1) is 18.7 Å². The predicted molar refractivity (Wildman–Crippen MR) is 156 cm³/mol. The van der Waals surface area contributed by atoms with Gasteiger partial charge in [0.25, 0.3) is 5.91 Å². The van der Waals surface area contributed by atoms with E-state index in [4.69, 9.17) is 21.1 Å². The van der Waals surface area contributed by atoms with Gasteiger partial charge in [-0.3, -0.25) is 4.79 Å². The van der Waals surface area contributed by atoms with Crippen LogP contribution in [0.2, 0.25) is 5.02 Å². The molecule has 3 aromatic rings. The van der Waals surface area contributed by atoms with Gasteiger partial charge in [0, 0.05) is 40.1 Å². The van der Waals surface area contributed by atoms with Crippen LogP contribution in [-0.2, 0) is 11.3 Å². The molecule has 0 aromatic heterocycles. The summed E-state index contributed by atoms with van der Waals surface area (Å²) in [6.45, 7) is 7.69. The average molecular weight is 594 g/mol. The van der Waals surface area contributed by atoms with Crippen molar-refractivity contribution in [3.63, 3.8) is 0 Å². The minimum absolute atomic E-state index is 0.176. The van der Waals surface area contributed by atoms with Crippen molar-refractivity contribution in [1.82, 2.24) is 0 Å². The molecule has 40 heavy (non-hydrogen) atoms. The first-order chi connectivity index (χ1) is 19.1. The lowest BCUT2D eigenvalue weighted by molar-refractivity contribution is 0.0833. The molecule has 0 bridgehead atoms. The maximum atomic E-state index is 13.6. The number of carbonyl (C=O) groups is 1. The molecular formula is C31H35ClF3NO3S. The van der Waals surface area contributed by atoms with Gasteiger partial charge in [-0.15, -0.1) is 11.8 Å². The van der Waals surface area contributed by atoms with Gasteiger partial charge in [0.2, 0.25) is 0 Å². The van der Waals surface area contributed by atoms with Crippen molar-refractivity contribution in [2.24, 2.45) is 11.8 Å². The molecule has 0 aliphatic rings. The van der Waals surface area contributed by atoms with Crippen molar-refractivity contribution in [2.75, 3.05) is 19.0 Å². The molecule has 0 spiro atoms. The molecule has 0 fully saturated rings. The van der Waals surface area contributed by atoms with Crippen LogP contribution in [0, 0.1) is 29.3 Å². The van der Waals surface area contributed by atoms with E-state index in [0.29, 0.717) is 30.1 Å². The molecule has 0 aliphatic carbocycles. The van der Waals surface area contributed by atoms with E-state index in [1.54, 1.807) is 31.0 Å². The van der Waals surface area contributed by atoms with Crippen molar-refractivity contribution >= 4 is 35.0 Å². The Morgan fingerprint density at radius 3 is 2.33 bits per heavy atom. The number of amides is 1. The molecule has 1 amide bonds. The van der Waals surface area contributed by atoms with Gasteiger partial charge < -0.3 is 14.8 Å². The van der Waals surface area contributed by atoms with Gasteiger partial charge in [-0.2, -0.15) is 0 Å². The van der Waals surface area contributed by atoms with Gasteiger partial charge >= 0.3 is 0 Å². The maximum Gasteiger partial charge on any atom is 0.255 e. The summed E-state index contributed by atoms with van der Waals surface area (Å²) < 4.78 is 51.5. The van der Waals surface area contributed by atoms with Gasteiger partial charge in [-0.1, -0.05) is 50.9 Å². The monoisotopic (exact) mass is 593 g/mol. The number of methoxy groups -OCH3 is 1. The number of halogens is 4. The summed E-state index contributed by atoms with van der Waals surface area (Å²) in [4.78, 5) is 13.5. The van der Waals surface area contributed by atoms with E-state index in [-0.39, 0.29) is 16.5 Å². The summed E-state index contributed by atoms with van der Waals surface area (Å²) in [6, 6.07) is 14.1. The predicted octanol–water partition coefficient (Wildman–Crippen LogP) is 9.16. The minimum atomic E-state index is -1.59. The lowest BCUT2D eigenvalue weighted by atomic mass is 9.90. The molecule has 216 valence electrons. The van der Waals surface area contributed by atoms with Crippen molar-refractivity contribution in [3.05, 3.63) is 88.2 Å². The highest BCUT2D eigenvalue weighted by Crippen LogP contribution is 2.37. The molecular weight excluding hydrogens is 559 g/mol. The Bertz CT molecular complexity index is 1250. The van der Waals surface area contributed by atoms with E-state index in [2.05, 4.69) is 26.1 Å². The number of hydrogen-bond acceptors (Lipinski definition) is 4.